The fourth-order valence-electron chi connectivity index (χ4n) is 1.95. The average Bonchev–Trinajstić information content (AvgIpc) is 2.50. The summed E-state index contributed by atoms with van der Waals surface area (Å²) in [7, 11) is -3.38. The Kier molecular flexibility index (Phi) is 5.83. The highest BCUT2D eigenvalue weighted by molar-refractivity contribution is 7.66. The van der Waals surface area contributed by atoms with Crippen molar-refractivity contribution >= 4 is 41.6 Å². The Balaban J connectivity index is 2.46. The van der Waals surface area contributed by atoms with Gasteiger partial charge < -0.3 is 9.26 Å². The number of benzene rings is 1. The minimum atomic E-state index is -3.38. The third-order valence-electron chi connectivity index (χ3n) is 2.95. The average molecular weight is 391 g/mol. The van der Waals surface area contributed by atoms with Gasteiger partial charge in [-0.3, -0.25) is 14.7 Å². The van der Waals surface area contributed by atoms with Crippen molar-refractivity contribution in [3.8, 4) is 11.6 Å². The molecule has 0 saturated heterocycles. The topological polar surface area (TPSA) is 91.6 Å². The van der Waals surface area contributed by atoms with E-state index in [-0.39, 0.29) is 34.3 Å². The molecule has 7 nitrogen and oxygen atoms in total. The smallest absolute Gasteiger partial charge is 0.282 e. The molecule has 1 heterocycles. The van der Waals surface area contributed by atoms with Crippen LogP contribution in [-0.4, -0.2) is 23.2 Å². The summed E-state index contributed by atoms with van der Waals surface area (Å²) in [6.45, 7) is 3.12. The zero-order chi connectivity index (χ0) is 17.9. The SMILES string of the molecule is CCOP(C)(=O)c1cc(Oc2ncc(Cl)cc2Cl)ccc1[N+](=O)[O-]. The number of nitrogens with zero attached hydrogens (tertiary/aromatic N) is 2. The van der Waals surface area contributed by atoms with Gasteiger partial charge in [0, 0.05) is 25.0 Å². The van der Waals surface area contributed by atoms with Crippen LogP contribution in [0.4, 0.5) is 5.69 Å². The first kappa shape index (κ1) is 18.7. The quantitative estimate of drug-likeness (QED) is 0.404. The monoisotopic (exact) mass is 390 g/mol. The summed E-state index contributed by atoms with van der Waals surface area (Å²) < 4.78 is 23.3. The van der Waals surface area contributed by atoms with Gasteiger partial charge in [0.25, 0.3) is 5.69 Å². The number of nitro groups is 1. The first-order valence-electron chi connectivity index (χ1n) is 6.74. The molecule has 10 heteroatoms. The highest BCUT2D eigenvalue weighted by Crippen LogP contribution is 2.45. The normalized spacial score (nSPS) is 13.3. The van der Waals surface area contributed by atoms with Crippen molar-refractivity contribution in [1.29, 1.82) is 0 Å². The first-order valence-corrected chi connectivity index (χ1v) is 9.57. The van der Waals surface area contributed by atoms with Crippen molar-refractivity contribution in [2.75, 3.05) is 13.3 Å². The van der Waals surface area contributed by atoms with Gasteiger partial charge in [-0.15, -0.1) is 0 Å². The summed E-state index contributed by atoms with van der Waals surface area (Å²) >= 11 is 11.7. The molecule has 1 atom stereocenters. The molecule has 2 rings (SSSR count). The zero-order valence-corrected chi connectivity index (χ0v) is 15.1. The molecule has 1 aromatic carbocycles. The number of hydrogen-bond acceptors (Lipinski definition) is 6. The highest BCUT2D eigenvalue weighted by atomic mass is 35.5. The highest BCUT2D eigenvalue weighted by Gasteiger charge is 2.29. The second kappa shape index (κ2) is 7.49. The third kappa shape index (κ3) is 4.24. The lowest BCUT2D eigenvalue weighted by Crippen LogP contribution is -2.12. The Morgan fingerprint density at radius 3 is 2.62 bits per heavy atom. The Bertz CT molecular complexity index is 831. The van der Waals surface area contributed by atoms with E-state index in [2.05, 4.69) is 4.98 Å². The predicted octanol–water partition coefficient (Wildman–Crippen LogP) is 4.66. The van der Waals surface area contributed by atoms with E-state index in [4.69, 9.17) is 32.5 Å². The van der Waals surface area contributed by atoms with Crippen molar-refractivity contribution in [3.05, 3.63) is 50.6 Å². The molecule has 0 aliphatic heterocycles. The lowest BCUT2D eigenvalue weighted by molar-refractivity contribution is -0.383. The van der Waals surface area contributed by atoms with E-state index in [9.17, 15) is 14.7 Å². The summed E-state index contributed by atoms with van der Waals surface area (Å²) in [6.07, 6.45) is 1.35. The van der Waals surface area contributed by atoms with E-state index in [0.717, 1.165) is 0 Å². The molecule has 1 unspecified atom stereocenters. The predicted molar refractivity (Wildman–Crippen MR) is 92.2 cm³/mol. The molecule has 2 aromatic rings. The molecular weight excluding hydrogens is 378 g/mol. The van der Waals surface area contributed by atoms with Crippen LogP contribution in [0.5, 0.6) is 11.6 Å². The van der Waals surface area contributed by atoms with E-state index >= 15 is 0 Å². The van der Waals surface area contributed by atoms with Crippen molar-refractivity contribution in [2.45, 2.75) is 6.92 Å². The largest absolute Gasteiger partial charge is 0.438 e. The number of nitro benzene ring substituents is 1. The van der Waals surface area contributed by atoms with E-state index in [1.54, 1.807) is 6.92 Å². The summed E-state index contributed by atoms with van der Waals surface area (Å²) in [4.78, 5) is 14.5. The molecule has 0 spiro atoms. The summed E-state index contributed by atoms with van der Waals surface area (Å²) in [5, 5.41) is 11.6. The maximum atomic E-state index is 12.6. The van der Waals surface area contributed by atoms with Gasteiger partial charge >= 0.3 is 0 Å². The molecule has 0 radical (unpaired) electrons. The van der Waals surface area contributed by atoms with Gasteiger partial charge in [0.1, 0.15) is 16.1 Å². The Morgan fingerprint density at radius 1 is 1.33 bits per heavy atom. The molecule has 0 amide bonds. The van der Waals surface area contributed by atoms with Crippen molar-refractivity contribution in [2.24, 2.45) is 0 Å². The van der Waals surface area contributed by atoms with Gasteiger partial charge in [-0.05, 0) is 19.1 Å². The minimum absolute atomic E-state index is 0.0445. The molecule has 0 N–H and O–H groups in total. The molecular formula is C14H13Cl2N2O5P. The van der Waals surface area contributed by atoms with Crippen LogP contribution >= 0.6 is 30.6 Å². The summed E-state index contributed by atoms with van der Waals surface area (Å²) in [5.41, 5.74) is -0.309. The molecule has 128 valence electrons. The fourth-order valence-corrected chi connectivity index (χ4v) is 3.94. The second-order valence-corrected chi connectivity index (χ2v) is 7.99. The number of rotatable bonds is 6. The Morgan fingerprint density at radius 2 is 2.04 bits per heavy atom. The molecule has 0 bridgehead atoms. The molecule has 0 saturated carbocycles. The maximum absolute atomic E-state index is 12.6. The van der Waals surface area contributed by atoms with Crippen molar-refractivity contribution < 1.29 is 18.7 Å². The molecule has 0 fully saturated rings. The molecule has 24 heavy (non-hydrogen) atoms. The van der Waals surface area contributed by atoms with Crippen LogP contribution in [0.15, 0.2) is 30.5 Å². The van der Waals surface area contributed by atoms with Crippen LogP contribution in [0, 0.1) is 10.1 Å². The van der Waals surface area contributed by atoms with E-state index in [1.165, 1.54) is 37.1 Å². The number of hydrogen-bond donors (Lipinski definition) is 0. The van der Waals surface area contributed by atoms with Crippen LogP contribution in [0.1, 0.15) is 6.92 Å². The second-order valence-electron chi connectivity index (χ2n) is 4.71. The van der Waals surface area contributed by atoms with E-state index in [1.807, 2.05) is 0 Å². The van der Waals surface area contributed by atoms with Crippen LogP contribution in [0.2, 0.25) is 10.0 Å². The Hall–Kier alpha value is -1.66. The molecule has 0 aliphatic carbocycles. The molecule has 1 aromatic heterocycles. The fraction of sp³-hybridized carbons (Fsp3) is 0.214. The number of ether oxygens (including phenoxy) is 1. The maximum Gasteiger partial charge on any atom is 0.282 e. The van der Waals surface area contributed by atoms with Crippen LogP contribution in [-0.2, 0) is 9.09 Å². The summed E-state index contributed by atoms with van der Waals surface area (Å²) in [6, 6.07) is 5.30. The summed E-state index contributed by atoms with van der Waals surface area (Å²) in [5.74, 6) is 0.261. The van der Waals surface area contributed by atoms with Crippen molar-refractivity contribution in [3.63, 3.8) is 0 Å². The van der Waals surface area contributed by atoms with Gasteiger partial charge in [-0.1, -0.05) is 23.2 Å². The van der Waals surface area contributed by atoms with Gasteiger partial charge in [-0.2, -0.15) is 0 Å². The lowest BCUT2D eigenvalue weighted by atomic mass is 10.3. The van der Waals surface area contributed by atoms with E-state index in [0.29, 0.717) is 5.02 Å². The van der Waals surface area contributed by atoms with Gasteiger partial charge in [0.15, 0.2) is 0 Å². The van der Waals surface area contributed by atoms with Gasteiger partial charge in [0.05, 0.1) is 16.6 Å². The standard InChI is InChI=1S/C14H13Cl2N2O5P/c1-3-22-24(2,21)13-7-10(4-5-12(13)18(19)20)23-14-11(16)6-9(15)8-17-14/h4-8H,3H2,1-2H3. The first-order chi connectivity index (χ1) is 11.2. The van der Waals surface area contributed by atoms with Crippen LogP contribution in [0.3, 0.4) is 0 Å². The van der Waals surface area contributed by atoms with Gasteiger partial charge in [-0.25, -0.2) is 4.98 Å². The van der Waals surface area contributed by atoms with Gasteiger partial charge in [0.2, 0.25) is 13.2 Å². The lowest BCUT2D eigenvalue weighted by Gasteiger charge is -2.14. The van der Waals surface area contributed by atoms with Crippen molar-refractivity contribution in [1.82, 2.24) is 4.98 Å². The number of halogens is 2. The molecule has 0 aliphatic rings. The van der Waals surface area contributed by atoms with Crippen LogP contribution < -0.4 is 10.0 Å². The number of aromatic nitrogens is 1. The zero-order valence-electron chi connectivity index (χ0n) is 12.7. The minimum Gasteiger partial charge on any atom is -0.438 e. The number of pyridine rings is 1. The Labute approximate surface area is 148 Å². The van der Waals surface area contributed by atoms with E-state index < -0.39 is 12.3 Å². The van der Waals surface area contributed by atoms with Crippen LogP contribution in [0.25, 0.3) is 0 Å². The third-order valence-corrected chi connectivity index (χ3v) is 5.41.